The first kappa shape index (κ1) is 13.3. The molecule has 1 heterocycles. The van der Waals surface area contributed by atoms with Crippen LogP contribution in [0.25, 0.3) is 0 Å². The number of hydrogen-bond donors (Lipinski definition) is 0. The smallest absolute Gasteiger partial charge is 0.302 e. The van der Waals surface area contributed by atoms with Crippen molar-refractivity contribution in [1.82, 2.24) is 9.13 Å². The highest BCUT2D eigenvalue weighted by Gasteiger charge is 2.18. The van der Waals surface area contributed by atoms with Crippen molar-refractivity contribution in [2.24, 2.45) is 7.05 Å². The van der Waals surface area contributed by atoms with Crippen molar-refractivity contribution in [3.63, 3.8) is 0 Å². The van der Waals surface area contributed by atoms with Gasteiger partial charge in [0, 0.05) is 31.1 Å². The summed E-state index contributed by atoms with van der Waals surface area (Å²) in [5, 5.41) is 10.9. The standard InChI is InChI=1S/C13H9N3O4/c1-3-9-4-5-10(8-11(9)16(19)20)12(17)15-7-6-14(2)13(15)18/h1,4-8H,2H3. The van der Waals surface area contributed by atoms with Crippen LogP contribution in [0.15, 0.2) is 35.4 Å². The van der Waals surface area contributed by atoms with E-state index in [4.69, 9.17) is 6.42 Å². The Morgan fingerprint density at radius 1 is 1.40 bits per heavy atom. The number of nitrogens with zero attached hydrogens (tertiary/aromatic N) is 3. The Hall–Kier alpha value is -3.14. The molecule has 0 bridgehead atoms. The van der Waals surface area contributed by atoms with Crippen LogP contribution in [0.2, 0.25) is 0 Å². The van der Waals surface area contributed by atoms with Crippen molar-refractivity contribution in [3.8, 4) is 12.3 Å². The molecular formula is C13H9N3O4. The molecule has 0 N–H and O–H groups in total. The lowest BCUT2D eigenvalue weighted by Crippen LogP contribution is -2.27. The van der Waals surface area contributed by atoms with Crippen LogP contribution in [0.1, 0.15) is 15.9 Å². The highest BCUT2D eigenvalue weighted by atomic mass is 16.6. The summed E-state index contributed by atoms with van der Waals surface area (Å²) in [6.07, 6.45) is 7.87. The Morgan fingerprint density at radius 3 is 2.60 bits per heavy atom. The molecule has 0 unspecified atom stereocenters. The van der Waals surface area contributed by atoms with Gasteiger partial charge in [-0.3, -0.25) is 14.9 Å². The number of aromatic nitrogens is 2. The van der Waals surface area contributed by atoms with Gasteiger partial charge in [-0.25, -0.2) is 9.36 Å². The lowest BCUT2D eigenvalue weighted by molar-refractivity contribution is -0.385. The number of carbonyl (C=O) groups is 1. The molecule has 7 heteroatoms. The minimum Gasteiger partial charge on any atom is -0.302 e. The molecule has 0 aliphatic carbocycles. The molecule has 7 nitrogen and oxygen atoms in total. The van der Waals surface area contributed by atoms with Crippen LogP contribution in [0.5, 0.6) is 0 Å². The minimum absolute atomic E-state index is 0.0176. The second-order valence-electron chi connectivity index (χ2n) is 4.00. The Kier molecular flexibility index (Phi) is 3.23. The number of hydrogen-bond acceptors (Lipinski definition) is 4. The summed E-state index contributed by atoms with van der Waals surface area (Å²) in [4.78, 5) is 34.0. The average molecular weight is 271 g/mol. The zero-order valence-corrected chi connectivity index (χ0v) is 10.4. The summed E-state index contributed by atoms with van der Waals surface area (Å²) in [6, 6.07) is 3.72. The fourth-order valence-electron chi connectivity index (χ4n) is 1.70. The second kappa shape index (κ2) is 4.85. The van der Waals surface area contributed by atoms with E-state index in [2.05, 4.69) is 5.92 Å². The van der Waals surface area contributed by atoms with Crippen LogP contribution >= 0.6 is 0 Å². The Balaban J connectivity index is 2.54. The Morgan fingerprint density at radius 2 is 2.10 bits per heavy atom. The third-order valence-electron chi connectivity index (χ3n) is 2.76. The number of nitro groups is 1. The molecular weight excluding hydrogens is 262 g/mol. The summed E-state index contributed by atoms with van der Waals surface area (Å²) in [7, 11) is 1.50. The molecule has 1 aromatic carbocycles. The SMILES string of the molecule is C#Cc1ccc(C(=O)n2ccn(C)c2=O)cc1[N+](=O)[O-]. The van der Waals surface area contributed by atoms with Crippen LogP contribution < -0.4 is 5.69 Å². The fourth-order valence-corrected chi connectivity index (χ4v) is 1.70. The maximum Gasteiger partial charge on any atom is 0.334 e. The molecule has 2 rings (SSSR count). The van der Waals surface area contributed by atoms with Gasteiger partial charge in [0.2, 0.25) is 0 Å². The normalized spacial score (nSPS) is 10.0. The van der Waals surface area contributed by atoms with E-state index in [1.54, 1.807) is 0 Å². The zero-order chi connectivity index (χ0) is 14.9. The average Bonchev–Trinajstić information content (AvgIpc) is 2.77. The van der Waals surface area contributed by atoms with Gasteiger partial charge in [-0.1, -0.05) is 5.92 Å². The van der Waals surface area contributed by atoms with Crippen LogP contribution in [-0.4, -0.2) is 20.0 Å². The maximum absolute atomic E-state index is 12.1. The number of carbonyl (C=O) groups excluding carboxylic acids is 1. The van der Waals surface area contributed by atoms with Crippen LogP contribution in [-0.2, 0) is 7.05 Å². The van der Waals surface area contributed by atoms with Gasteiger partial charge in [-0.15, -0.1) is 6.42 Å². The number of nitro benzene ring substituents is 1. The van der Waals surface area contributed by atoms with E-state index in [1.165, 1.54) is 36.1 Å². The van der Waals surface area contributed by atoms with E-state index < -0.39 is 16.5 Å². The summed E-state index contributed by atoms with van der Waals surface area (Å²) in [6.45, 7) is 0. The molecule has 100 valence electrons. The number of imidazole rings is 1. The molecule has 0 fully saturated rings. The van der Waals surface area contributed by atoms with Gasteiger partial charge in [0.25, 0.3) is 11.6 Å². The topological polar surface area (TPSA) is 87.1 Å². The molecule has 0 amide bonds. The van der Waals surface area contributed by atoms with Crippen molar-refractivity contribution in [1.29, 1.82) is 0 Å². The van der Waals surface area contributed by atoms with Crippen LogP contribution in [0.4, 0.5) is 5.69 Å². The molecule has 0 aliphatic rings. The van der Waals surface area contributed by atoms with Crippen molar-refractivity contribution < 1.29 is 9.72 Å². The van der Waals surface area contributed by atoms with E-state index in [1.807, 2.05) is 0 Å². The predicted molar refractivity (Wildman–Crippen MR) is 70.4 cm³/mol. The maximum atomic E-state index is 12.1. The molecule has 0 saturated heterocycles. The lowest BCUT2D eigenvalue weighted by atomic mass is 10.1. The van der Waals surface area contributed by atoms with Crippen molar-refractivity contribution in [2.45, 2.75) is 0 Å². The second-order valence-corrected chi connectivity index (χ2v) is 4.00. The number of benzene rings is 1. The third kappa shape index (κ3) is 2.10. The van der Waals surface area contributed by atoms with E-state index in [9.17, 15) is 19.7 Å². The molecule has 0 saturated carbocycles. The third-order valence-corrected chi connectivity index (χ3v) is 2.76. The van der Waals surface area contributed by atoms with Gasteiger partial charge in [0.1, 0.15) is 5.56 Å². The number of terminal acetylenes is 1. The highest BCUT2D eigenvalue weighted by molar-refractivity contribution is 5.96. The predicted octanol–water partition coefficient (Wildman–Crippen LogP) is 0.765. The summed E-state index contributed by atoms with van der Waals surface area (Å²) in [5.74, 6) is 1.52. The number of aryl methyl sites for hydroxylation is 1. The van der Waals surface area contributed by atoms with Crippen molar-refractivity contribution in [3.05, 3.63) is 62.3 Å². The molecule has 0 spiro atoms. The van der Waals surface area contributed by atoms with Gasteiger partial charge in [-0.2, -0.15) is 0 Å². The number of rotatable bonds is 2. The first-order valence-electron chi connectivity index (χ1n) is 5.49. The summed E-state index contributed by atoms with van der Waals surface area (Å²) in [5.41, 5.74) is -0.781. The summed E-state index contributed by atoms with van der Waals surface area (Å²) < 4.78 is 2.09. The summed E-state index contributed by atoms with van der Waals surface area (Å²) >= 11 is 0. The van der Waals surface area contributed by atoms with Crippen LogP contribution in [0.3, 0.4) is 0 Å². The van der Waals surface area contributed by atoms with Crippen molar-refractivity contribution in [2.75, 3.05) is 0 Å². The molecule has 2 aromatic rings. The Labute approximate surface area is 113 Å². The largest absolute Gasteiger partial charge is 0.334 e. The molecule has 0 aliphatic heterocycles. The van der Waals surface area contributed by atoms with Gasteiger partial charge in [-0.05, 0) is 12.1 Å². The first-order valence-corrected chi connectivity index (χ1v) is 5.49. The van der Waals surface area contributed by atoms with Crippen LogP contribution in [0, 0.1) is 22.5 Å². The van der Waals surface area contributed by atoms with Gasteiger partial charge in [0.05, 0.1) is 4.92 Å². The Bertz CT molecular complexity index is 808. The lowest BCUT2D eigenvalue weighted by Gasteiger charge is -2.02. The van der Waals surface area contributed by atoms with Gasteiger partial charge >= 0.3 is 5.69 Å². The van der Waals surface area contributed by atoms with E-state index in [0.29, 0.717) is 0 Å². The van der Waals surface area contributed by atoms with Crippen molar-refractivity contribution >= 4 is 11.6 Å². The molecule has 1 aromatic heterocycles. The fraction of sp³-hybridized carbons (Fsp3) is 0.0769. The van der Waals surface area contributed by atoms with E-state index >= 15 is 0 Å². The first-order chi connectivity index (χ1) is 9.45. The van der Waals surface area contributed by atoms with E-state index in [0.717, 1.165) is 10.6 Å². The monoisotopic (exact) mass is 271 g/mol. The quantitative estimate of drug-likeness (QED) is 0.458. The zero-order valence-electron chi connectivity index (χ0n) is 10.4. The minimum atomic E-state index is -0.667. The molecule has 0 radical (unpaired) electrons. The molecule has 20 heavy (non-hydrogen) atoms. The van der Waals surface area contributed by atoms with Gasteiger partial charge in [0.15, 0.2) is 0 Å². The van der Waals surface area contributed by atoms with Gasteiger partial charge < -0.3 is 4.57 Å². The van der Waals surface area contributed by atoms with E-state index in [-0.39, 0.29) is 16.8 Å². The highest BCUT2D eigenvalue weighted by Crippen LogP contribution is 2.19. The molecule has 0 atom stereocenters.